The second-order valence-corrected chi connectivity index (χ2v) is 4.07. The molecule has 0 fully saturated rings. The van der Waals surface area contributed by atoms with Gasteiger partial charge in [0.1, 0.15) is 5.75 Å². The van der Waals surface area contributed by atoms with E-state index in [4.69, 9.17) is 0 Å². The van der Waals surface area contributed by atoms with Crippen molar-refractivity contribution in [2.75, 3.05) is 7.05 Å². The highest BCUT2D eigenvalue weighted by Crippen LogP contribution is 2.35. The summed E-state index contributed by atoms with van der Waals surface area (Å²) >= 11 is 0. The van der Waals surface area contributed by atoms with Crippen LogP contribution in [0.4, 0.5) is 0 Å². The van der Waals surface area contributed by atoms with Crippen molar-refractivity contribution in [2.45, 2.75) is 31.7 Å². The normalized spacial score (nSPS) is 25.9. The Bertz CT molecular complexity index is 335. The first-order chi connectivity index (χ1) is 6.74. The quantitative estimate of drug-likeness (QED) is 0.712. The van der Waals surface area contributed by atoms with Crippen LogP contribution in [0.1, 0.15) is 30.4 Å². The van der Waals surface area contributed by atoms with E-state index in [1.165, 1.54) is 5.56 Å². The molecular formula is C12H17NO. The molecule has 0 aromatic heterocycles. The first kappa shape index (κ1) is 9.53. The monoisotopic (exact) mass is 191 g/mol. The Kier molecular flexibility index (Phi) is 2.46. The summed E-state index contributed by atoms with van der Waals surface area (Å²) in [7, 11) is 2.01. The summed E-state index contributed by atoms with van der Waals surface area (Å²) in [4.78, 5) is 0. The van der Waals surface area contributed by atoms with Gasteiger partial charge in [-0.15, -0.1) is 0 Å². The Morgan fingerprint density at radius 1 is 1.43 bits per heavy atom. The Balaban J connectivity index is 2.41. The zero-order chi connectivity index (χ0) is 10.1. The molecule has 0 bridgehead atoms. The number of likely N-dealkylation sites (N-methyl/N-ethyl adjacent to an activating group) is 1. The lowest BCUT2D eigenvalue weighted by atomic mass is 9.80. The molecule has 2 nitrogen and oxygen atoms in total. The third-order valence-corrected chi connectivity index (χ3v) is 3.36. The minimum atomic E-state index is 0.462. The van der Waals surface area contributed by atoms with Gasteiger partial charge in [0, 0.05) is 6.04 Å². The second kappa shape index (κ2) is 3.62. The lowest BCUT2D eigenvalue weighted by molar-refractivity contribution is 0.412. The number of hydrogen-bond donors (Lipinski definition) is 2. The highest BCUT2D eigenvalue weighted by atomic mass is 16.3. The molecule has 0 saturated heterocycles. The SMILES string of the molecule is CN[C@@H]1CCc2c(O)cccc2[C@@H]1C. The molecule has 0 spiro atoms. The topological polar surface area (TPSA) is 32.3 Å². The number of fused-ring (bicyclic) bond motifs is 1. The molecule has 14 heavy (non-hydrogen) atoms. The molecule has 0 saturated carbocycles. The van der Waals surface area contributed by atoms with Gasteiger partial charge in [-0.3, -0.25) is 0 Å². The molecule has 1 aromatic carbocycles. The van der Waals surface area contributed by atoms with Crippen LogP contribution in [-0.4, -0.2) is 18.2 Å². The van der Waals surface area contributed by atoms with Crippen LogP contribution >= 0.6 is 0 Å². The van der Waals surface area contributed by atoms with E-state index < -0.39 is 0 Å². The zero-order valence-electron chi connectivity index (χ0n) is 8.75. The lowest BCUT2D eigenvalue weighted by Gasteiger charge is -2.31. The number of nitrogens with one attached hydrogen (secondary N) is 1. The van der Waals surface area contributed by atoms with E-state index in [9.17, 15) is 5.11 Å². The minimum Gasteiger partial charge on any atom is -0.508 e. The van der Waals surface area contributed by atoms with E-state index in [0.717, 1.165) is 18.4 Å². The van der Waals surface area contributed by atoms with E-state index in [1.807, 2.05) is 13.1 Å². The average molecular weight is 191 g/mol. The predicted molar refractivity (Wildman–Crippen MR) is 57.7 cm³/mol. The van der Waals surface area contributed by atoms with Crippen LogP contribution in [0.3, 0.4) is 0 Å². The van der Waals surface area contributed by atoms with Crippen molar-refractivity contribution >= 4 is 0 Å². The predicted octanol–water partition coefficient (Wildman–Crippen LogP) is 2.03. The Hall–Kier alpha value is -1.02. The van der Waals surface area contributed by atoms with E-state index in [0.29, 0.717) is 17.7 Å². The summed E-state index contributed by atoms with van der Waals surface area (Å²) < 4.78 is 0. The number of phenols is 1. The molecule has 0 heterocycles. The average Bonchev–Trinajstić information content (AvgIpc) is 2.20. The van der Waals surface area contributed by atoms with Gasteiger partial charge < -0.3 is 10.4 Å². The zero-order valence-corrected chi connectivity index (χ0v) is 8.75. The molecule has 1 aromatic rings. The first-order valence-corrected chi connectivity index (χ1v) is 5.22. The van der Waals surface area contributed by atoms with E-state index in [2.05, 4.69) is 18.3 Å². The molecular weight excluding hydrogens is 174 g/mol. The van der Waals surface area contributed by atoms with Crippen molar-refractivity contribution < 1.29 is 5.11 Å². The van der Waals surface area contributed by atoms with Crippen molar-refractivity contribution in [1.29, 1.82) is 0 Å². The standard InChI is InChI=1S/C12H17NO/c1-8-9-4-3-5-12(14)10(9)6-7-11(8)13-2/h3-5,8,11,13-14H,6-7H2,1-2H3/t8-,11+/m0/s1. The van der Waals surface area contributed by atoms with Crippen LogP contribution in [0.5, 0.6) is 5.75 Å². The van der Waals surface area contributed by atoms with Crippen LogP contribution in [0.2, 0.25) is 0 Å². The molecule has 76 valence electrons. The molecule has 0 aliphatic heterocycles. The van der Waals surface area contributed by atoms with Gasteiger partial charge >= 0.3 is 0 Å². The van der Waals surface area contributed by atoms with Crippen LogP contribution in [0.25, 0.3) is 0 Å². The van der Waals surface area contributed by atoms with Crippen LogP contribution in [0.15, 0.2) is 18.2 Å². The van der Waals surface area contributed by atoms with Crippen LogP contribution in [-0.2, 0) is 6.42 Å². The molecule has 0 radical (unpaired) electrons. The van der Waals surface area contributed by atoms with Gasteiger partial charge in [-0.25, -0.2) is 0 Å². The molecule has 1 aliphatic carbocycles. The van der Waals surface area contributed by atoms with Gasteiger partial charge in [0.25, 0.3) is 0 Å². The molecule has 1 aliphatic rings. The lowest BCUT2D eigenvalue weighted by Crippen LogP contribution is -2.34. The summed E-state index contributed by atoms with van der Waals surface area (Å²) in [5, 5.41) is 13.0. The van der Waals surface area contributed by atoms with Gasteiger partial charge in [-0.05, 0) is 43.0 Å². The third-order valence-electron chi connectivity index (χ3n) is 3.36. The van der Waals surface area contributed by atoms with Gasteiger partial charge in [-0.1, -0.05) is 19.1 Å². The Morgan fingerprint density at radius 2 is 2.21 bits per heavy atom. The maximum atomic E-state index is 9.71. The van der Waals surface area contributed by atoms with Gasteiger partial charge in [0.15, 0.2) is 0 Å². The molecule has 2 rings (SSSR count). The largest absolute Gasteiger partial charge is 0.508 e. The Morgan fingerprint density at radius 3 is 2.93 bits per heavy atom. The summed E-state index contributed by atoms with van der Waals surface area (Å²) in [6.45, 7) is 2.22. The summed E-state index contributed by atoms with van der Waals surface area (Å²) in [5.41, 5.74) is 2.45. The fraction of sp³-hybridized carbons (Fsp3) is 0.500. The summed E-state index contributed by atoms with van der Waals surface area (Å²) in [6, 6.07) is 6.39. The van der Waals surface area contributed by atoms with E-state index in [-0.39, 0.29) is 0 Å². The highest BCUT2D eigenvalue weighted by Gasteiger charge is 2.26. The molecule has 2 atom stereocenters. The van der Waals surface area contributed by atoms with Gasteiger partial charge in [0.05, 0.1) is 0 Å². The number of rotatable bonds is 1. The number of benzene rings is 1. The van der Waals surface area contributed by atoms with Gasteiger partial charge in [0.2, 0.25) is 0 Å². The summed E-state index contributed by atoms with van der Waals surface area (Å²) in [6.07, 6.45) is 2.10. The fourth-order valence-corrected chi connectivity index (χ4v) is 2.45. The Labute approximate surface area is 85.0 Å². The van der Waals surface area contributed by atoms with Crippen molar-refractivity contribution in [2.24, 2.45) is 0 Å². The maximum absolute atomic E-state index is 9.71. The first-order valence-electron chi connectivity index (χ1n) is 5.22. The van der Waals surface area contributed by atoms with Crippen molar-refractivity contribution in [3.63, 3.8) is 0 Å². The van der Waals surface area contributed by atoms with Gasteiger partial charge in [-0.2, -0.15) is 0 Å². The second-order valence-electron chi connectivity index (χ2n) is 4.07. The molecule has 2 heteroatoms. The minimum absolute atomic E-state index is 0.462. The molecule has 0 unspecified atom stereocenters. The highest BCUT2D eigenvalue weighted by molar-refractivity contribution is 5.43. The van der Waals surface area contributed by atoms with Crippen LogP contribution < -0.4 is 5.32 Å². The van der Waals surface area contributed by atoms with E-state index in [1.54, 1.807) is 6.07 Å². The van der Waals surface area contributed by atoms with Crippen molar-refractivity contribution in [1.82, 2.24) is 5.32 Å². The van der Waals surface area contributed by atoms with Crippen LogP contribution in [0, 0.1) is 0 Å². The number of hydrogen-bond acceptors (Lipinski definition) is 2. The fourth-order valence-electron chi connectivity index (χ4n) is 2.45. The van der Waals surface area contributed by atoms with Crippen molar-refractivity contribution in [3.8, 4) is 5.75 Å². The van der Waals surface area contributed by atoms with Crippen molar-refractivity contribution in [3.05, 3.63) is 29.3 Å². The van der Waals surface area contributed by atoms with E-state index >= 15 is 0 Å². The number of aromatic hydroxyl groups is 1. The number of phenolic OH excluding ortho intramolecular Hbond substituents is 1. The molecule has 0 amide bonds. The summed E-state index contributed by atoms with van der Waals surface area (Å²) in [5.74, 6) is 0.958. The third kappa shape index (κ3) is 1.40. The molecule has 2 N–H and O–H groups in total. The maximum Gasteiger partial charge on any atom is 0.119 e. The smallest absolute Gasteiger partial charge is 0.119 e.